The fraction of sp³-hybridized carbons (Fsp3) is 0.0870. The van der Waals surface area contributed by atoms with Crippen molar-refractivity contribution in [3.8, 4) is 0 Å². The first-order chi connectivity index (χ1) is 15.0. The number of amides is 2. The van der Waals surface area contributed by atoms with Crippen molar-refractivity contribution >= 4 is 52.6 Å². The van der Waals surface area contributed by atoms with Crippen LogP contribution in [0.2, 0.25) is 10.0 Å². The van der Waals surface area contributed by atoms with Gasteiger partial charge in [0.15, 0.2) is 5.92 Å². The molecule has 0 radical (unpaired) electrons. The number of carbonyl (C=O) groups is 2. The van der Waals surface area contributed by atoms with Gasteiger partial charge in [-0.05, 0) is 36.4 Å². The molecule has 0 saturated heterocycles. The lowest BCUT2D eigenvalue weighted by molar-refractivity contribution is -0.126. The van der Waals surface area contributed by atoms with E-state index in [1.807, 2.05) is 12.1 Å². The van der Waals surface area contributed by atoms with E-state index in [0.29, 0.717) is 27.0 Å². The predicted octanol–water partition coefficient (Wildman–Crippen LogP) is 5.39. The van der Waals surface area contributed by atoms with Gasteiger partial charge in [0.25, 0.3) is 0 Å². The van der Waals surface area contributed by atoms with E-state index in [1.54, 1.807) is 66.7 Å². The molecule has 2 N–H and O–H groups in total. The van der Waals surface area contributed by atoms with Crippen LogP contribution in [0, 0.1) is 5.92 Å². The van der Waals surface area contributed by atoms with E-state index in [9.17, 15) is 9.59 Å². The van der Waals surface area contributed by atoms with E-state index < -0.39 is 17.7 Å². The highest BCUT2D eigenvalue weighted by Gasteiger charge is 2.25. The summed E-state index contributed by atoms with van der Waals surface area (Å²) in [7, 11) is 0. The number of anilines is 2. The minimum Gasteiger partial charge on any atom is -0.391 e. The zero-order valence-corrected chi connectivity index (χ0v) is 17.8. The van der Waals surface area contributed by atoms with E-state index in [-0.39, 0.29) is 6.61 Å². The number of carbonyl (C=O) groups excluding carboxylic acids is 2. The van der Waals surface area contributed by atoms with Crippen molar-refractivity contribution in [2.24, 2.45) is 11.1 Å². The Balaban J connectivity index is 1.70. The van der Waals surface area contributed by atoms with Crippen molar-refractivity contribution < 1.29 is 14.4 Å². The molecule has 0 unspecified atom stereocenters. The van der Waals surface area contributed by atoms with Crippen LogP contribution in [0.3, 0.4) is 0 Å². The van der Waals surface area contributed by atoms with E-state index in [0.717, 1.165) is 6.21 Å². The number of hydrogen-bond donors (Lipinski definition) is 2. The molecule has 0 aliphatic heterocycles. The maximum atomic E-state index is 12.7. The summed E-state index contributed by atoms with van der Waals surface area (Å²) < 4.78 is 0. The topological polar surface area (TPSA) is 79.8 Å². The second-order valence-corrected chi connectivity index (χ2v) is 7.30. The van der Waals surface area contributed by atoms with Gasteiger partial charge >= 0.3 is 0 Å². The third-order valence-electron chi connectivity index (χ3n) is 4.17. The predicted molar refractivity (Wildman–Crippen MR) is 123 cm³/mol. The van der Waals surface area contributed by atoms with Gasteiger partial charge in [-0.3, -0.25) is 9.59 Å². The fourth-order valence-corrected chi connectivity index (χ4v) is 3.05. The Hall–Kier alpha value is -3.35. The maximum absolute atomic E-state index is 12.7. The molecule has 0 aliphatic carbocycles. The van der Waals surface area contributed by atoms with E-state index in [1.165, 1.54) is 0 Å². The molecule has 0 bridgehead atoms. The molecule has 6 nitrogen and oxygen atoms in total. The number of halogens is 2. The number of oxime groups is 1. The van der Waals surface area contributed by atoms with Crippen LogP contribution in [0.15, 0.2) is 84.0 Å². The Labute approximate surface area is 189 Å². The van der Waals surface area contributed by atoms with Crippen molar-refractivity contribution in [3.63, 3.8) is 0 Å². The SMILES string of the molecule is O=C(Nc1ccccc1)C(/C=N/OCc1ccc(Cl)cc1Cl)C(=O)Nc1ccccc1. The normalized spacial score (nSPS) is 10.8. The summed E-state index contributed by atoms with van der Waals surface area (Å²) in [6.07, 6.45) is 1.15. The van der Waals surface area contributed by atoms with Crippen LogP contribution in [-0.4, -0.2) is 18.0 Å². The summed E-state index contributed by atoms with van der Waals surface area (Å²) in [4.78, 5) is 30.7. The van der Waals surface area contributed by atoms with E-state index in [2.05, 4.69) is 15.8 Å². The lowest BCUT2D eigenvalue weighted by Gasteiger charge is -2.13. The van der Waals surface area contributed by atoms with Gasteiger partial charge in [-0.1, -0.05) is 70.8 Å². The van der Waals surface area contributed by atoms with Crippen LogP contribution >= 0.6 is 23.2 Å². The van der Waals surface area contributed by atoms with Gasteiger partial charge in [-0.2, -0.15) is 0 Å². The Bertz CT molecular complexity index is 1010. The third kappa shape index (κ3) is 6.84. The van der Waals surface area contributed by atoms with Crippen molar-refractivity contribution in [1.29, 1.82) is 0 Å². The largest absolute Gasteiger partial charge is 0.391 e. The van der Waals surface area contributed by atoms with Gasteiger partial charge in [-0.25, -0.2) is 0 Å². The van der Waals surface area contributed by atoms with Gasteiger partial charge in [0.1, 0.15) is 6.61 Å². The zero-order valence-electron chi connectivity index (χ0n) is 16.3. The summed E-state index contributed by atoms with van der Waals surface area (Å²) in [6.45, 7) is 0.0554. The van der Waals surface area contributed by atoms with E-state index in [4.69, 9.17) is 28.0 Å². The highest BCUT2D eigenvalue weighted by Crippen LogP contribution is 2.21. The molecule has 3 aromatic carbocycles. The van der Waals surface area contributed by atoms with Gasteiger partial charge in [-0.15, -0.1) is 0 Å². The molecule has 0 atom stereocenters. The second kappa shape index (κ2) is 11.2. The van der Waals surface area contributed by atoms with E-state index >= 15 is 0 Å². The van der Waals surface area contributed by atoms with Crippen LogP contribution < -0.4 is 10.6 Å². The summed E-state index contributed by atoms with van der Waals surface area (Å²) >= 11 is 12.0. The van der Waals surface area contributed by atoms with Gasteiger partial charge in [0.05, 0.1) is 6.21 Å². The smallest absolute Gasteiger partial charge is 0.242 e. The summed E-state index contributed by atoms with van der Waals surface area (Å²) in [6, 6.07) is 22.6. The molecule has 31 heavy (non-hydrogen) atoms. The molecule has 3 aromatic rings. The highest BCUT2D eigenvalue weighted by atomic mass is 35.5. The van der Waals surface area contributed by atoms with Gasteiger partial charge in [0.2, 0.25) is 11.8 Å². The minimum absolute atomic E-state index is 0.0554. The molecule has 0 fully saturated rings. The number of rotatable bonds is 8. The fourth-order valence-electron chi connectivity index (χ4n) is 2.59. The van der Waals surface area contributed by atoms with Crippen molar-refractivity contribution in [3.05, 3.63) is 94.5 Å². The van der Waals surface area contributed by atoms with Crippen molar-refractivity contribution in [2.75, 3.05) is 10.6 Å². The van der Waals surface area contributed by atoms with Crippen LogP contribution in [0.5, 0.6) is 0 Å². The Morgan fingerprint density at radius 3 is 1.94 bits per heavy atom. The zero-order chi connectivity index (χ0) is 22.1. The number of hydrogen-bond acceptors (Lipinski definition) is 4. The average molecular weight is 456 g/mol. The molecule has 0 aromatic heterocycles. The molecular formula is C23H19Cl2N3O3. The molecule has 0 saturated carbocycles. The van der Waals surface area contributed by atoms with Crippen molar-refractivity contribution in [2.45, 2.75) is 6.61 Å². The molecule has 0 spiro atoms. The van der Waals surface area contributed by atoms with Gasteiger partial charge < -0.3 is 15.5 Å². The molecule has 8 heteroatoms. The summed E-state index contributed by atoms with van der Waals surface area (Å²) in [5, 5.41) is 10.2. The van der Waals surface area contributed by atoms with Crippen LogP contribution in [0.4, 0.5) is 11.4 Å². The lowest BCUT2D eigenvalue weighted by atomic mass is 10.1. The number of benzene rings is 3. The third-order valence-corrected chi connectivity index (χ3v) is 4.75. The van der Waals surface area contributed by atoms with Gasteiger partial charge in [0, 0.05) is 27.0 Å². The lowest BCUT2D eigenvalue weighted by Crippen LogP contribution is -2.35. The van der Waals surface area contributed by atoms with Crippen LogP contribution in [-0.2, 0) is 21.0 Å². The maximum Gasteiger partial charge on any atom is 0.242 e. The standard InChI is InChI=1S/C23H19Cl2N3O3/c24-17-12-11-16(21(25)13-17)15-31-26-14-20(22(29)27-18-7-3-1-4-8-18)23(30)28-19-9-5-2-6-10-19/h1-14,20H,15H2,(H,27,29)(H,28,30)/b26-14+. The molecule has 158 valence electrons. The van der Waals surface area contributed by atoms with Crippen molar-refractivity contribution in [1.82, 2.24) is 0 Å². The summed E-state index contributed by atoms with van der Waals surface area (Å²) in [5.41, 5.74) is 1.79. The molecule has 2 amide bonds. The van der Waals surface area contributed by atoms with Crippen LogP contribution in [0.1, 0.15) is 5.56 Å². The monoisotopic (exact) mass is 455 g/mol. The molecule has 0 heterocycles. The van der Waals surface area contributed by atoms with Crippen LogP contribution in [0.25, 0.3) is 0 Å². The minimum atomic E-state index is -1.22. The number of nitrogens with one attached hydrogen (secondary N) is 2. The summed E-state index contributed by atoms with van der Waals surface area (Å²) in [5.74, 6) is -2.31. The highest BCUT2D eigenvalue weighted by molar-refractivity contribution is 6.35. The number of para-hydroxylation sites is 2. The first kappa shape index (κ1) is 22.3. The first-order valence-corrected chi connectivity index (χ1v) is 10.1. The Morgan fingerprint density at radius 1 is 0.871 bits per heavy atom. The Kier molecular flexibility index (Phi) is 8.04. The average Bonchev–Trinajstić information content (AvgIpc) is 2.76. The second-order valence-electron chi connectivity index (χ2n) is 6.45. The first-order valence-electron chi connectivity index (χ1n) is 9.34. The molecular weight excluding hydrogens is 437 g/mol. The Morgan fingerprint density at radius 2 is 1.42 bits per heavy atom. The quantitative estimate of drug-likeness (QED) is 0.271. The molecule has 3 rings (SSSR count). The number of nitrogens with zero attached hydrogens (tertiary/aromatic N) is 1. The molecule has 0 aliphatic rings.